The fourth-order valence-corrected chi connectivity index (χ4v) is 2.29. The number of halogens is 2. The van der Waals surface area contributed by atoms with Gasteiger partial charge in [-0.1, -0.05) is 0 Å². The minimum atomic E-state index is -2.99. The van der Waals surface area contributed by atoms with Crippen molar-refractivity contribution >= 4 is 39.8 Å². The minimum absolute atomic E-state index is 0. The highest BCUT2D eigenvalue weighted by molar-refractivity contribution is 14.0. The lowest BCUT2D eigenvalue weighted by Gasteiger charge is -2.22. The minimum Gasteiger partial charge on any atom is -0.492 e. The second-order valence-electron chi connectivity index (χ2n) is 5.44. The number of benzene rings is 1. The van der Waals surface area contributed by atoms with E-state index in [4.69, 9.17) is 9.47 Å². The van der Waals surface area contributed by atoms with E-state index in [9.17, 15) is 12.8 Å². The monoisotopic (exact) mass is 503 g/mol. The van der Waals surface area contributed by atoms with Gasteiger partial charge in [0.1, 0.15) is 28.0 Å². The van der Waals surface area contributed by atoms with Crippen molar-refractivity contribution in [3.05, 3.63) is 30.1 Å². The largest absolute Gasteiger partial charge is 0.492 e. The van der Waals surface area contributed by atoms with Gasteiger partial charge in [-0.25, -0.2) is 12.8 Å². The van der Waals surface area contributed by atoms with E-state index in [2.05, 4.69) is 10.3 Å². The van der Waals surface area contributed by atoms with Crippen molar-refractivity contribution in [2.24, 2.45) is 4.99 Å². The highest BCUT2D eigenvalue weighted by atomic mass is 127. The van der Waals surface area contributed by atoms with Gasteiger partial charge in [0.05, 0.1) is 25.5 Å². The van der Waals surface area contributed by atoms with E-state index in [-0.39, 0.29) is 42.2 Å². The van der Waals surface area contributed by atoms with E-state index in [1.165, 1.54) is 18.4 Å². The lowest BCUT2D eigenvalue weighted by atomic mass is 10.3. The van der Waals surface area contributed by atoms with Crippen LogP contribution in [0.2, 0.25) is 0 Å². The molecule has 0 aliphatic carbocycles. The molecule has 0 aliphatic rings. The number of hydrogen-bond acceptors (Lipinski definition) is 5. The second-order valence-corrected chi connectivity index (χ2v) is 7.70. The predicted octanol–water partition coefficient (Wildman–Crippen LogP) is 1.39. The van der Waals surface area contributed by atoms with Crippen LogP contribution in [0.15, 0.2) is 29.3 Å². The van der Waals surface area contributed by atoms with Crippen LogP contribution in [0.3, 0.4) is 0 Å². The van der Waals surface area contributed by atoms with Gasteiger partial charge in [0.25, 0.3) is 0 Å². The number of ether oxygens (including phenoxy) is 2. The summed E-state index contributed by atoms with van der Waals surface area (Å²) in [4.78, 5) is 6.05. The first kappa shape index (κ1) is 24.9. The van der Waals surface area contributed by atoms with Crippen molar-refractivity contribution in [1.29, 1.82) is 0 Å². The van der Waals surface area contributed by atoms with Gasteiger partial charge in [0.15, 0.2) is 5.96 Å². The molecule has 0 unspecified atom stereocenters. The summed E-state index contributed by atoms with van der Waals surface area (Å²) in [5.74, 6) is 1.00. The summed E-state index contributed by atoms with van der Waals surface area (Å²) in [6.45, 7) is 2.09. The zero-order valence-corrected chi connectivity index (χ0v) is 18.4. The van der Waals surface area contributed by atoms with E-state index < -0.39 is 9.84 Å². The molecule has 0 saturated carbocycles. The molecule has 10 heteroatoms. The molecule has 150 valence electrons. The van der Waals surface area contributed by atoms with Gasteiger partial charge < -0.3 is 19.7 Å². The van der Waals surface area contributed by atoms with Crippen molar-refractivity contribution in [3.8, 4) is 5.75 Å². The van der Waals surface area contributed by atoms with Crippen LogP contribution in [0.5, 0.6) is 5.75 Å². The molecule has 7 nitrogen and oxygen atoms in total. The van der Waals surface area contributed by atoms with Crippen LogP contribution in [0, 0.1) is 5.82 Å². The number of likely N-dealkylation sites (N-methyl/N-ethyl adjacent to an activating group) is 1. The van der Waals surface area contributed by atoms with Crippen LogP contribution >= 0.6 is 24.0 Å². The van der Waals surface area contributed by atoms with Gasteiger partial charge in [-0.3, -0.25) is 4.99 Å². The van der Waals surface area contributed by atoms with E-state index in [1.807, 2.05) is 11.9 Å². The molecule has 0 spiro atoms. The Labute approximate surface area is 171 Å². The van der Waals surface area contributed by atoms with Crippen molar-refractivity contribution in [2.75, 3.05) is 59.0 Å². The Morgan fingerprint density at radius 3 is 2.46 bits per heavy atom. The first-order valence-corrected chi connectivity index (χ1v) is 9.93. The number of aliphatic imine (C=N–C) groups is 1. The molecule has 1 rings (SSSR count). The van der Waals surface area contributed by atoms with Crippen LogP contribution in [-0.4, -0.2) is 78.3 Å². The summed E-state index contributed by atoms with van der Waals surface area (Å²) < 4.78 is 45.6. The maximum atomic E-state index is 12.8. The third-order valence-electron chi connectivity index (χ3n) is 3.21. The molecule has 0 saturated heterocycles. The Kier molecular flexibility index (Phi) is 12.5. The molecule has 0 heterocycles. The van der Waals surface area contributed by atoms with Gasteiger partial charge in [-0.15, -0.1) is 24.0 Å². The summed E-state index contributed by atoms with van der Waals surface area (Å²) in [7, 11) is 0.546. The SMILES string of the molecule is CN=C(NCCOCCS(C)(=O)=O)N(C)CCOc1ccc(F)cc1.I. The van der Waals surface area contributed by atoms with E-state index in [1.54, 1.807) is 19.2 Å². The Balaban J connectivity index is 0.00000625. The number of rotatable bonds is 10. The van der Waals surface area contributed by atoms with E-state index in [0.717, 1.165) is 0 Å². The average molecular weight is 503 g/mol. The molecule has 0 bridgehead atoms. The van der Waals surface area contributed by atoms with Crippen molar-refractivity contribution < 1.29 is 22.3 Å². The molecular weight excluding hydrogens is 476 g/mol. The molecular formula is C16H27FIN3O4S. The van der Waals surface area contributed by atoms with Gasteiger partial charge in [0, 0.05) is 26.9 Å². The zero-order valence-electron chi connectivity index (χ0n) is 15.3. The molecule has 0 radical (unpaired) electrons. The molecule has 0 atom stereocenters. The second kappa shape index (κ2) is 13.1. The predicted molar refractivity (Wildman–Crippen MR) is 112 cm³/mol. The van der Waals surface area contributed by atoms with Crippen LogP contribution < -0.4 is 10.1 Å². The highest BCUT2D eigenvalue weighted by Gasteiger charge is 2.06. The maximum Gasteiger partial charge on any atom is 0.193 e. The first-order valence-electron chi connectivity index (χ1n) is 7.87. The third-order valence-corrected chi connectivity index (χ3v) is 4.12. The standard InChI is InChI=1S/C16H26FN3O4S.HI/c1-18-16(19-8-10-23-12-13-25(3,21)22)20(2)9-11-24-15-6-4-14(17)5-7-15;/h4-7H,8-13H2,1-3H3,(H,18,19);1H. The first-order chi connectivity index (χ1) is 11.8. The quantitative estimate of drug-likeness (QED) is 0.225. The van der Waals surface area contributed by atoms with Crippen LogP contribution in [-0.2, 0) is 14.6 Å². The van der Waals surface area contributed by atoms with Crippen LogP contribution in [0.1, 0.15) is 0 Å². The fraction of sp³-hybridized carbons (Fsp3) is 0.562. The van der Waals surface area contributed by atoms with E-state index in [0.29, 0.717) is 38.0 Å². The summed E-state index contributed by atoms with van der Waals surface area (Å²) in [6.07, 6.45) is 1.18. The summed E-state index contributed by atoms with van der Waals surface area (Å²) >= 11 is 0. The molecule has 0 aliphatic heterocycles. The van der Waals surface area contributed by atoms with Gasteiger partial charge in [0.2, 0.25) is 0 Å². The lowest BCUT2D eigenvalue weighted by Crippen LogP contribution is -2.42. The number of sulfone groups is 1. The Morgan fingerprint density at radius 2 is 1.88 bits per heavy atom. The number of guanidine groups is 1. The molecule has 26 heavy (non-hydrogen) atoms. The van der Waals surface area contributed by atoms with Crippen LogP contribution in [0.4, 0.5) is 4.39 Å². The molecule has 0 aromatic heterocycles. The van der Waals surface area contributed by atoms with Crippen LogP contribution in [0.25, 0.3) is 0 Å². The summed E-state index contributed by atoms with van der Waals surface area (Å²) in [5.41, 5.74) is 0. The van der Waals surface area contributed by atoms with Gasteiger partial charge in [-0.05, 0) is 24.3 Å². The molecule has 1 aromatic rings. The third kappa shape index (κ3) is 11.5. The molecule has 1 aromatic carbocycles. The normalized spacial score (nSPS) is 11.6. The van der Waals surface area contributed by atoms with Crippen molar-refractivity contribution in [1.82, 2.24) is 10.2 Å². The Morgan fingerprint density at radius 1 is 1.23 bits per heavy atom. The van der Waals surface area contributed by atoms with E-state index >= 15 is 0 Å². The van der Waals surface area contributed by atoms with Crippen molar-refractivity contribution in [2.45, 2.75) is 0 Å². The number of hydrogen-bond donors (Lipinski definition) is 1. The molecule has 0 amide bonds. The number of nitrogens with one attached hydrogen (secondary N) is 1. The lowest BCUT2D eigenvalue weighted by molar-refractivity contribution is 0.153. The Hall–Kier alpha value is -1.14. The highest BCUT2D eigenvalue weighted by Crippen LogP contribution is 2.10. The topological polar surface area (TPSA) is 80.2 Å². The smallest absolute Gasteiger partial charge is 0.193 e. The zero-order chi connectivity index (χ0) is 18.7. The maximum absolute atomic E-state index is 12.8. The van der Waals surface area contributed by atoms with Crippen molar-refractivity contribution in [3.63, 3.8) is 0 Å². The molecule has 1 N–H and O–H groups in total. The summed E-state index contributed by atoms with van der Waals surface area (Å²) in [5, 5.41) is 3.12. The summed E-state index contributed by atoms with van der Waals surface area (Å²) in [6, 6.07) is 5.86. The van der Waals surface area contributed by atoms with Gasteiger partial charge in [-0.2, -0.15) is 0 Å². The Bertz CT molecular complexity index is 641. The molecule has 0 fully saturated rings. The average Bonchev–Trinajstić information content (AvgIpc) is 2.55. The number of nitrogens with zero attached hydrogens (tertiary/aromatic N) is 2. The van der Waals surface area contributed by atoms with Gasteiger partial charge >= 0.3 is 0 Å². The fourth-order valence-electron chi connectivity index (χ4n) is 1.87.